The summed E-state index contributed by atoms with van der Waals surface area (Å²) in [6, 6.07) is 14.4. The Bertz CT molecular complexity index is 755. The van der Waals surface area contributed by atoms with E-state index in [4.69, 9.17) is 16.3 Å². The van der Waals surface area contributed by atoms with Crippen molar-refractivity contribution in [3.63, 3.8) is 0 Å². The van der Waals surface area contributed by atoms with E-state index in [0.717, 1.165) is 18.5 Å². The van der Waals surface area contributed by atoms with Gasteiger partial charge in [-0.25, -0.2) is 0 Å². The van der Waals surface area contributed by atoms with Crippen molar-refractivity contribution in [3.05, 3.63) is 53.6 Å². The highest BCUT2D eigenvalue weighted by Gasteiger charge is 2.31. The molecule has 3 rings (SSSR count). The minimum atomic E-state index is -0.256. The topological polar surface area (TPSA) is 58.6 Å². The van der Waals surface area contributed by atoms with Crippen LogP contribution in [0, 0.1) is 0 Å². The number of hydrogen-bond donors (Lipinski definition) is 1. The van der Waals surface area contributed by atoms with E-state index in [1.165, 1.54) is 0 Å². The smallest absolute Gasteiger partial charge is 0.262 e. The van der Waals surface area contributed by atoms with Gasteiger partial charge in [0.2, 0.25) is 5.91 Å². The zero-order valence-corrected chi connectivity index (χ0v) is 14.6. The van der Waals surface area contributed by atoms with Gasteiger partial charge in [0.25, 0.3) is 5.91 Å². The molecule has 0 bridgehead atoms. The molecule has 6 heteroatoms. The minimum absolute atomic E-state index is 0.0376. The predicted octanol–water partition coefficient (Wildman–Crippen LogP) is 3.87. The van der Waals surface area contributed by atoms with Crippen LogP contribution in [0.25, 0.3) is 0 Å². The Hall–Kier alpha value is -2.53. The Labute approximate surface area is 151 Å². The molecule has 5 nitrogen and oxygen atoms in total. The summed E-state index contributed by atoms with van der Waals surface area (Å²) < 4.78 is 5.40. The first-order chi connectivity index (χ1) is 12.0. The molecule has 0 aromatic heterocycles. The number of benzene rings is 2. The maximum absolute atomic E-state index is 12.0. The normalized spacial score (nSPS) is 13.2. The first-order valence-electron chi connectivity index (χ1n) is 8.11. The molecule has 0 aliphatic heterocycles. The SMILES string of the molecule is CC(=O)N(c1ccc(NC(=O)COc2ccc(Cl)cc2)cc1)C1CC1. The van der Waals surface area contributed by atoms with Crippen molar-refractivity contribution < 1.29 is 14.3 Å². The van der Waals surface area contributed by atoms with E-state index in [0.29, 0.717) is 22.5 Å². The van der Waals surface area contributed by atoms with E-state index in [-0.39, 0.29) is 18.4 Å². The Kier molecular flexibility index (Phi) is 5.24. The molecule has 1 aliphatic carbocycles. The van der Waals surface area contributed by atoms with Crippen LogP contribution >= 0.6 is 11.6 Å². The summed E-state index contributed by atoms with van der Waals surface area (Å²) in [6.07, 6.45) is 2.08. The van der Waals surface area contributed by atoms with Gasteiger partial charge in [0.05, 0.1) is 0 Å². The first kappa shape index (κ1) is 17.3. The number of nitrogens with zero attached hydrogens (tertiary/aromatic N) is 1. The number of rotatable bonds is 6. The van der Waals surface area contributed by atoms with Gasteiger partial charge in [0.1, 0.15) is 5.75 Å². The molecular formula is C19H19ClN2O3. The zero-order valence-electron chi connectivity index (χ0n) is 13.9. The zero-order chi connectivity index (χ0) is 17.8. The fraction of sp³-hybridized carbons (Fsp3) is 0.263. The van der Waals surface area contributed by atoms with Crippen LogP contribution in [0.4, 0.5) is 11.4 Å². The maximum atomic E-state index is 12.0. The second-order valence-electron chi connectivity index (χ2n) is 5.96. The number of nitrogens with one attached hydrogen (secondary N) is 1. The molecule has 0 spiro atoms. The van der Waals surface area contributed by atoms with Crippen molar-refractivity contribution in [2.45, 2.75) is 25.8 Å². The number of halogens is 1. The van der Waals surface area contributed by atoms with Gasteiger partial charge in [0, 0.05) is 29.4 Å². The molecule has 1 fully saturated rings. The molecule has 0 heterocycles. The lowest BCUT2D eigenvalue weighted by molar-refractivity contribution is -0.118. The lowest BCUT2D eigenvalue weighted by atomic mass is 10.2. The van der Waals surface area contributed by atoms with Crippen LogP contribution in [0.15, 0.2) is 48.5 Å². The van der Waals surface area contributed by atoms with Gasteiger partial charge in [-0.05, 0) is 61.4 Å². The Morgan fingerprint density at radius 3 is 2.32 bits per heavy atom. The molecule has 1 N–H and O–H groups in total. The van der Waals surface area contributed by atoms with Gasteiger partial charge in [-0.3, -0.25) is 9.59 Å². The second-order valence-corrected chi connectivity index (χ2v) is 6.39. The fourth-order valence-corrected chi connectivity index (χ4v) is 2.69. The van der Waals surface area contributed by atoms with E-state index < -0.39 is 0 Å². The number of carbonyl (C=O) groups excluding carboxylic acids is 2. The Morgan fingerprint density at radius 1 is 1.12 bits per heavy atom. The molecule has 0 radical (unpaired) electrons. The van der Waals surface area contributed by atoms with E-state index in [9.17, 15) is 9.59 Å². The monoisotopic (exact) mass is 358 g/mol. The number of amides is 2. The van der Waals surface area contributed by atoms with Gasteiger partial charge >= 0.3 is 0 Å². The van der Waals surface area contributed by atoms with Crippen molar-refractivity contribution in [1.29, 1.82) is 0 Å². The summed E-state index contributed by atoms with van der Waals surface area (Å²) in [5.41, 5.74) is 1.51. The van der Waals surface area contributed by atoms with E-state index in [2.05, 4.69) is 5.32 Å². The van der Waals surface area contributed by atoms with Crippen LogP contribution in [0.2, 0.25) is 5.02 Å². The summed E-state index contributed by atoms with van der Waals surface area (Å²) in [5.74, 6) is 0.361. The highest BCUT2D eigenvalue weighted by molar-refractivity contribution is 6.30. The molecule has 2 amide bonds. The maximum Gasteiger partial charge on any atom is 0.262 e. The molecular weight excluding hydrogens is 340 g/mol. The Balaban J connectivity index is 1.54. The van der Waals surface area contributed by atoms with Crippen LogP contribution in [0.5, 0.6) is 5.75 Å². The molecule has 0 atom stereocenters. The third-order valence-corrected chi connectivity index (χ3v) is 4.12. The summed E-state index contributed by atoms with van der Waals surface area (Å²) in [6.45, 7) is 1.48. The molecule has 1 aliphatic rings. The van der Waals surface area contributed by atoms with Crippen molar-refractivity contribution in [3.8, 4) is 5.75 Å². The van der Waals surface area contributed by atoms with Crippen LogP contribution in [0.3, 0.4) is 0 Å². The van der Waals surface area contributed by atoms with Crippen molar-refractivity contribution in [2.24, 2.45) is 0 Å². The van der Waals surface area contributed by atoms with Crippen molar-refractivity contribution in [1.82, 2.24) is 0 Å². The summed E-state index contributed by atoms with van der Waals surface area (Å²) in [4.78, 5) is 25.5. The van der Waals surface area contributed by atoms with Crippen molar-refractivity contribution >= 4 is 34.8 Å². The lowest BCUT2D eigenvalue weighted by Crippen LogP contribution is -2.30. The van der Waals surface area contributed by atoms with Gasteiger partial charge in [-0.1, -0.05) is 11.6 Å². The molecule has 130 valence electrons. The molecule has 0 unspecified atom stereocenters. The quantitative estimate of drug-likeness (QED) is 0.852. The minimum Gasteiger partial charge on any atom is -0.484 e. The second kappa shape index (κ2) is 7.57. The number of anilines is 2. The summed E-state index contributed by atoms with van der Waals surface area (Å²) >= 11 is 5.80. The highest BCUT2D eigenvalue weighted by atomic mass is 35.5. The number of ether oxygens (including phenoxy) is 1. The highest BCUT2D eigenvalue weighted by Crippen LogP contribution is 2.32. The average Bonchev–Trinajstić information content (AvgIpc) is 3.41. The molecule has 1 saturated carbocycles. The summed E-state index contributed by atoms with van der Waals surface area (Å²) in [5, 5.41) is 3.38. The molecule has 2 aromatic rings. The molecule has 25 heavy (non-hydrogen) atoms. The standard InChI is InChI=1S/C19H19ClN2O3/c1-13(23)22(17-8-9-17)16-6-4-15(5-7-16)21-19(24)12-25-18-10-2-14(20)3-11-18/h2-7,10-11,17H,8-9,12H2,1H3,(H,21,24). The van der Waals surface area contributed by atoms with Gasteiger partial charge < -0.3 is 15.0 Å². The van der Waals surface area contributed by atoms with Crippen molar-refractivity contribution in [2.75, 3.05) is 16.8 Å². The van der Waals surface area contributed by atoms with Crippen LogP contribution in [-0.2, 0) is 9.59 Å². The van der Waals surface area contributed by atoms with E-state index in [1.807, 2.05) is 12.1 Å². The third-order valence-electron chi connectivity index (χ3n) is 3.86. The van der Waals surface area contributed by atoms with Crippen LogP contribution in [0.1, 0.15) is 19.8 Å². The van der Waals surface area contributed by atoms with Crippen LogP contribution in [-0.4, -0.2) is 24.5 Å². The predicted molar refractivity (Wildman–Crippen MR) is 98.2 cm³/mol. The average molecular weight is 359 g/mol. The molecule has 0 saturated heterocycles. The molecule has 2 aromatic carbocycles. The lowest BCUT2D eigenvalue weighted by Gasteiger charge is -2.21. The van der Waals surface area contributed by atoms with Gasteiger partial charge in [-0.15, -0.1) is 0 Å². The first-order valence-corrected chi connectivity index (χ1v) is 8.49. The number of hydrogen-bond acceptors (Lipinski definition) is 3. The van der Waals surface area contributed by atoms with E-state index in [1.54, 1.807) is 48.2 Å². The largest absolute Gasteiger partial charge is 0.484 e. The van der Waals surface area contributed by atoms with E-state index >= 15 is 0 Å². The van der Waals surface area contributed by atoms with Gasteiger partial charge in [-0.2, -0.15) is 0 Å². The third kappa shape index (κ3) is 4.73. The fourth-order valence-electron chi connectivity index (χ4n) is 2.56. The Morgan fingerprint density at radius 2 is 1.76 bits per heavy atom. The van der Waals surface area contributed by atoms with Gasteiger partial charge in [0.15, 0.2) is 6.61 Å². The number of carbonyl (C=O) groups is 2. The summed E-state index contributed by atoms with van der Waals surface area (Å²) in [7, 11) is 0. The van der Waals surface area contributed by atoms with Crippen LogP contribution < -0.4 is 15.0 Å².